The molecule has 3 fully saturated rings. The van der Waals surface area contributed by atoms with E-state index in [-0.39, 0.29) is 42.5 Å². The summed E-state index contributed by atoms with van der Waals surface area (Å²) in [4.78, 5) is 26.9. The number of carbonyl (C=O) groups is 2. The highest BCUT2D eigenvalue weighted by molar-refractivity contribution is 5.94. The summed E-state index contributed by atoms with van der Waals surface area (Å²) in [5.74, 6) is -6.76. The normalized spacial score (nSPS) is 24.4. The van der Waals surface area contributed by atoms with Crippen molar-refractivity contribution in [3.8, 4) is 11.3 Å². The highest BCUT2D eigenvalue weighted by atomic mass is 19.4. The summed E-state index contributed by atoms with van der Waals surface area (Å²) in [5.41, 5.74) is -0.829. The third-order valence-corrected chi connectivity index (χ3v) is 8.49. The second-order valence-corrected chi connectivity index (χ2v) is 11.0. The average Bonchev–Trinajstić information content (AvgIpc) is 3.49. The van der Waals surface area contributed by atoms with Gasteiger partial charge in [0, 0.05) is 43.1 Å². The summed E-state index contributed by atoms with van der Waals surface area (Å²) in [6.45, 7) is 2.25. The number of carbonyl (C=O) groups excluding carboxylic acids is 1. The van der Waals surface area contributed by atoms with E-state index in [0.717, 1.165) is 31.7 Å². The molecule has 5 rings (SSSR count). The average molecular weight is 555 g/mol. The number of carboxylic acid groups (broad SMARTS) is 1. The topological polar surface area (TPSA) is 87.5 Å². The van der Waals surface area contributed by atoms with Crippen LogP contribution in [-0.4, -0.2) is 63.3 Å². The molecule has 2 saturated carbocycles. The zero-order valence-electron chi connectivity index (χ0n) is 21.4. The van der Waals surface area contributed by atoms with E-state index in [2.05, 4.69) is 10.4 Å². The van der Waals surface area contributed by atoms with E-state index in [1.165, 1.54) is 35.9 Å². The van der Waals surface area contributed by atoms with Gasteiger partial charge in [0.25, 0.3) is 11.8 Å². The van der Waals surface area contributed by atoms with Gasteiger partial charge in [0.15, 0.2) is 5.69 Å². The van der Waals surface area contributed by atoms with Gasteiger partial charge in [0.2, 0.25) is 0 Å². The van der Waals surface area contributed by atoms with Crippen molar-refractivity contribution in [1.29, 1.82) is 0 Å². The Labute approximate surface area is 222 Å². The van der Waals surface area contributed by atoms with Gasteiger partial charge in [-0.25, -0.2) is 8.78 Å². The quantitative estimate of drug-likeness (QED) is 0.422. The van der Waals surface area contributed by atoms with Crippen molar-refractivity contribution in [2.24, 2.45) is 17.8 Å². The van der Waals surface area contributed by atoms with Crippen LogP contribution in [0.3, 0.4) is 0 Å². The van der Waals surface area contributed by atoms with Crippen molar-refractivity contribution < 1.29 is 36.6 Å². The zero-order chi connectivity index (χ0) is 28.1. The molecule has 0 bridgehead atoms. The van der Waals surface area contributed by atoms with Crippen LogP contribution in [0.4, 0.5) is 22.0 Å². The smallest absolute Gasteiger partial charge is 0.417 e. The molecule has 0 spiro atoms. The third kappa shape index (κ3) is 5.39. The molecule has 1 amide bonds. The minimum atomic E-state index is -4.61. The molecule has 4 atom stereocenters. The maximum Gasteiger partial charge on any atom is 0.417 e. The number of aromatic nitrogens is 2. The number of benzene rings is 1. The predicted octanol–water partition coefficient (Wildman–Crippen LogP) is 5.09. The number of aliphatic carboxylic acids is 1. The molecule has 2 aromatic rings. The highest BCUT2D eigenvalue weighted by Crippen LogP contribution is 2.59. The van der Waals surface area contributed by atoms with Gasteiger partial charge in [-0.2, -0.15) is 18.3 Å². The van der Waals surface area contributed by atoms with Gasteiger partial charge < -0.3 is 15.3 Å². The van der Waals surface area contributed by atoms with Crippen LogP contribution in [0.1, 0.15) is 61.1 Å². The van der Waals surface area contributed by atoms with E-state index in [4.69, 9.17) is 0 Å². The molecule has 1 aliphatic heterocycles. The summed E-state index contributed by atoms with van der Waals surface area (Å²) in [5, 5.41) is 16.7. The van der Waals surface area contributed by atoms with E-state index in [0.29, 0.717) is 6.54 Å². The fourth-order valence-electron chi connectivity index (χ4n) is 6.04. The third-order valence-electron chi connectivity index (χ3n) is 8.49. The standard InChI is InChI=1S/C27H31F5N4O3/c1-15(25(38)39)21(10-11-35-13-19-20(14-35)26(19,28)29)33-24(37)22-12-23(36(34-22)16-6-2-3-7-16)17-8-4-5-9-18(17)27(30,31)32/h4-5,8-9,12,15-16,19-21H,2-3,6-7,10-11,13-14H2,1H3,(H,33,37)(H,38,39)/t15-,19?,20?,21-/m0/s1. The highest BCUT2D eigenvalue weighted by Gasteiger charge is 2.71. The molecule has 2 unspecified atom stereocenters. The number of alkyl halides is 5. The fraction of sp³-hybridized carbons (Fsp3) is 0.593. The van der Waals surface area contributed by atoms with Crippen LogP contribution in [0.2, 0.25) is 0 Å². The summed E-state index contributed by atoms with van der Waals surface area (Å²) in [7, 11) is 0. The molecular formula is C27H31F5N4O3. The van der Waals surface area contributed by atoms with Crippen LogP contribution >= 0.6 is 0 Å². The number of amides is 1. The summed E-state index contributed by atoms with van der Waals surface area (Å²) in [6.07, 6.45) is -1.15. The Balaban J connectivity index is 1.37. The molecule has 12 heteroatoms. The van der Waals surface area contributed by atoms with Gasteiger partial charge in [-0.05, 0) is 38.3 Å². The second kappa shape index (κ2) is 10.2. The van der Waals surface area contributed by atoms with E-state index in [1.54, 1.807) is 0 Å². The van der Waals surface area contributed by atoms with Crippen molar-refractivity contribution in [2.75, 3.05) is 19.6 Å². The Kier molecular flexibility index (Phi) is 7.19. The van der Waals surface area contributed by atoms with Gasteiger partial charge in [-0.1, -0.05) is 31.0 Å². The lowest BCUT2D eigenvalue weighted by molar-refractivity contribution is -0.142. The van der Waals surface area contributed by atoms with E-state index < -0.39 is 53.3 Å². The van der Waals surface area contributed by atoms with Gasteiger partial charge >= 0.3 is 12.1 Å². The summed E-state index contributed by atoms with van der Waals surface area (Å²) >= 11 is 0. The Bertz CT molecular complexity index is 1230. The molecule has 39 heavy (non-hydrogen) atoms. The number of fused-ring (bicyclic) bond motifs is 1. The number of nitrogens with one attached hydrogen (secondary N) is 1. The summed E-state index contributed by atoms with van der Waals surface area (Å²) < 4.78 is 70.0. The number of halogens is 5. The number of likely N-dealkylation sites (tertiary alicyclic amines) is 1. The lowest BCUT2D eigenvalue weighted by Gasteiger charge is -2.26. The molecule has 2 N–H and O–H groups in total. The van der Waals surface area contributed by atoms with Crippen LogP contribution in [0.5, 0.6) is 0 Å². The van der Waals surface area contributed by atoms with Crippen molar-refractivity contribution in [1.82, 2.24) is 20.0 Å². The van der Waals surface area contributed by atoms with Crippen LogP contribution in [0, 0.1) is 17.8 Å². The maximum absolute atomic E-state index is 13.8. The zero-order valence-corrected chi connectivity index (χ0v) is 21.4. The van der Waals surface area contributed by atoms with E-state index in [1.807, 2.05) is 4.90 Å². The Morgan fingerprint density at radius 2 is 1.79 bits per heavy atom. The molecule has 0 radical (unpaired) electrons. The van der Waals surface area contributed by atoms with Crippen LogP contribution in [0.25, 0.3) is 11.3 Å². The monoisotopic (exact) mass is 554 g/mol. The first-order valence-electron chi connectivity index (χ1n) is 13.3. The molecule has 212 valence electrons. The number of nitrogens with zero attached hydrogens (tertiary/aromatic N) is 3. The maximum atomic E-state index is 13.8. The van der Waals surface area contributed by atoms with Gasteiger partial charge in [0.05, 0.1) is 23.2 Å². The van der Waals surface area contributed by atoms with Crippen LogP contribution in [0.15, 0.2) is 30.3 Å². The molecule has 1 saturated heterocycles. The van der Waals surface area contributed by atoms with E-state index in [9.17, 15) is 36.6 Å². The van der Waals surface area contributed by atoms with E-state index >= 15 is 0 Å². The number of hydrogen-bond donors (Lipinski definition) is 2. The SMILES string of the molecule is C[C@H](C(=O)O)[C@H](CCN1CC2C(C1)C2(F)F)NC(=O)c1cc(-c2ccccc2C(F)(F)F)n(C2CCCC2)n1. The second-order valence-electron chi connectivity index (χ2n) is 11.0. The fourth-order valence-corrected chi connectivity index (χ4v) is 6.04. The lowest BCUT2D eigenvalue weighted by Crippen LogP contribution is -2.44. The number of carboxylic acids is 1. The minimum absolute atomic E-state index is 0.0803. The van der Waals surface area contributed by atoms with Crippen molar-refractivity contribution in [3.63, 3.8) is 0 Å². The van der Waals surface area contributed by atoms with Crippen molar-refractivity contribution in [2.45, 2.75) is 63.2 Å². The number of piperidine rings is 1. The minimum Gasteiger partial charge on any atom is -0.481 e. The first-order valence-corrected chi connectivity index (χ1v) is 13.3. The van der Waals surface area contributed by atoms with Crippen molar-refractivity contribution in [3.05, 3.63) is 41.6 Å². The number of hydrogen-bond acceptors (Lipinski definition) is 4. The molecule has 1 aromatic carbocycles. The molecule has 3 aliphatic rings. The van der Waals surface area contributed by atoms with Crippen LogP contribution in [-0.2, 0) is 11.0 Å². The van der Waals surface area contributed by atoms with Crippen molar-refractivity contribution >= 4 is 11.9 Å². The first-order chi connectivity index (χ1) is 18.4. The Morgan fingerprint density at radius 1 is 1.15 bits per heavy atom. The first kappa shape index (κ1) is 27.5. The largest absolute Gasteiger partial charge is 0.481 e. The molecule has 2 aliphatic carbocycles. The van der Waals surface area contributed by atoms with Gasteiger partial charge in [-0.15, -0.1) is 0 Å². The summed E-state index contributed by atoms with van der Waals surface area (Å²) in [6, 6.07) is 5.50. The number of rotatable bonds is 9. The van der Waals surface area contributed by atoms with Crippen LogP contribution < -0.4 is 5.32 Å². The Hall–Kier alpha value is -3.02. The molecule has 1 aromatic heterocycles. The van der Waals surface area contributed by atoms with Gasteiger partial charge in [0.1, 0.15) is 0 Å². The molecular weight excluding hydrogens is 523 g/mol. The molecule has 2 heterocycles. The lowest BCUT2D eigenvalue weighted by atomic mass is 9.98. The Morgan fingerprint density at radius 3 is 2.41 bits per heavy atom. The van der Waals surface area contributed by atoms with Gasteiger partial charge in [-0.3, -0.25) is 14.3 Å². The molecule has 7 nitrogen and oxygen atoms in total. The predicted molar refractivity (Wildman–Crippen MR) is 131 cm³/mol.